The van der Waals surface area contributed by atoms with Crippen LogP contribution in [0, 0.1) is 50.2 Å². The second-order valence-corrected chi connectivity index (χ2v) is 16.3. The highest BCUT2D eigenvalue weighted by Gasteiger charge is 2.71. The third-order valence-corrected chi connectivity index (χ3v) is 13.5. The normalized spacial score (nSPS) is 46.9. The van der Waals surface area contributed by atoms with E-state index in [1.54, 1.807) is 0 Å². The van der Waals surface area contributed by atoms with Gasteiger partial charge in [-0.3, -0.25) is 14.4 Å². The van der Waals surface area contributed by atoms with Crippen molar-refractivity contribution >= 4 is 17.7 Å². The van der Waals surface area contributed by atoms with Crippen LogP contribution in [0.2, 0.25) is 0 Å². The quantitative estimate of drug-likeness (QED) is 0.412. The Balaban J connectivity index is 1.61. The Hall–Kier alpha value is -1.69. The van der Waals surface area contributed by atoms with E-state index in [-0.39, 0.29) is 62.6 Å². The first-order valence-corrected chi connectivity index (χ1v) is 15.3. The average Bonchev–Trinajstić information content (AvgIpc) is 2.82. The molecule has 6 heteroatoms. The number of aliphatic hydroxyl groups is 1. The Bertz CT molecular complexity index is 1120. The smallest absolute Gasteiger partial charge is 0.325 e. The van der Waals surface area contributed by atoms with Gasteiger partial charge in [-0.05, 0) is 110 Å². The number of hydrogen-bond donors (Lipinski definition) is 3. The Morgan fingerprint density at radius 1 is 0.949 bits per heavy atom. The van der Waals surface area contributed by atoms with E-state index in [0.717, 1.165) is 63.4 Å². The number of amides is 1. The molecule has 5 rings (SSSR count). The van der Waals surface area contributed by atoms with Crippen LogP contribution in [0.1, 0.15) is 113 Å². The summed E-state index contributed by atoms with van der Waals surface area (Å²) in [4.78, 5) is 40.0. The number of nitrogens with one attached hydrogen (secondary N) is 1. The Labute approximate surface area is 234 Å². The molecule has 0 aromatic carbocycles. The molecule has 5 aliphatic rings. The van der Waals surface area contributed by atoms with Gasteiger partial charge in [0, 0.05) is 5.92 Å². The molecule has 3 N–H and O–H groups in total. The van der Waals surface area contributed by atoms with Gasteiger partial charge in [0.25, 0.3) is 0 Å². The number of carbonyl (C=O) groups excluding carboxylic acids is 2. The minimum absolute atomic E-state index is 0.0416. The SMILES string of the molecule is CC(NC(=O)[C@]12CCC(C)(C)C[C@H]1C1=CC(=O)[C@@H]3[C@@]4(C)CC[C@H](O)C(C)(C)C4CC[C@@]3(C)[C@]1(C)CC2)C(=O)O. The van der Waals surface area contributed by atoms with Crippen LogP contribution in [0.5, 0.6) is 0 Å². The molecule has 0 saturated heterocycles. The molecule has 0 radical (unpaired) electrons. The molecule has 0 heterocycles. The summed E-state index contributed by atoms with van der Waals surface area (Å²) in [6.07, 6.45) is 9.18. The number of rotatable bonds is 3. The number of hydrogen-bond acceptors (Lipinski definition) is 4. The van der Waals surface area contributed by atoms with E-state index < -0.39 is 17.4 Å². The second kappa shape index (κ2) is 8.66. The van der Waals surface area contributed by atoms with Crippen molar-refractivity contribution in [3.8, 4) is 0 Å². The molecule has 218 valence electrons. The van der Waals surface area contributed by atoms with Crippen molar-refractivity contribution in [2.24, 2.45) is 50.2 Å². The van der Waals surface area contributed by atoms with Crippen LogP contribution in [0.15, 0.2) is 11.6 Å². The van der Waals surface area contributed by atoms with Gasteiger partial charge >= 0.3 is 5.97 Å². The second-order valence-electron chi connectivity index (χ2n) is 16.3. The highest BCUT2D eigenvalue weighted by atomic mass is 16.4. The minimum Gasteiger partial charge on any atom is -0.480 e. The number of carboxylic acid groups (broad SMARTS) is 1. The van der Waals surface area contributed by atoms with Crippen LogP contribution in [-0.4, -0.2) is 40.0 Å². The molecule has 39 heavy (non-hydrogen) atoms. The first kappa shape index (κ1) is 28.8. The van der Waals surface area contributed by atoms with Crippen molar-refractivity contribution in [3.63, 3.8) is 0 Å². The number of allylic oxidation sites excluding steroid dienone is 2. The van der Waals surface area contributed by atoms with Gasteiger partial charge in [-0.2, -0.15) is 0 Å². The summed E-state index contributed by atoms with van der Waals surface area (Å²) in [6.45, 7) is 17.5. The molecule has 2 unspecified atom stereocenters. The standard InChI is InChI=1S/C33H51NO5/c1-19(26(37)38)34-27(39)33-15-13-28(2,3)18-21(33)20-17-22(35)25-30(6)11-10-24(36)29(4,5)23(30)9-12-32(25,8)31(20,7)14-16-33/h17,19,21,23-25,36H,9-16,18H2,1-8H3,(H,34,39)(H,37,38)/t19?,21-,23?,24-,25+,30-,31+,32+,33-/m0/s1. The van der Waals surface area contributed by atoms with Gasteiger partial charge in [-0.25, -0.2) is 0 Å². The predicted octanol–water partition coefficient (Wildman–Crippen LogP) is 5.92. The highest BCUT2D eigenvalue weighted by molar-refractivity contribution is 5.96. The topological polar surface area (TPSA) is 104 Å². The fourth-order valence-electron chi connectivity index (χ4n) is 10.9. The van der Waals surface area contributed by atoms with E-state index in [4.69, 9.17) is 0 Å². The lowest BCUT2D eigenvalue weighted by molar-refractivity contribution is -0.203. The molecule has 0 aromatic heterocycles. The zero-order valence-corrected chi connectivity index (χ0v) is 25.4. The molecule has 0 aliphatic heterocycles. The molecule has 1 amide bonds. The lowest BCUT2D eigenvalue weighted by Gasteiger charge is -2.70. The summed E-state index contributed by atoms with van der Waals surface area (Å²) in [5, 5.41) is 23.3. The molecule has 4 saturated carbocycles. The van der Waals surface area contributed by atoms with Gasteiger partial charge in [-0.15, -0.1) is 0 Å². The maximum atomic E-state index is 14.4. The number of aliphatic hydroxyl groups excluding tert-OH is 1. The van der Waals surface area contributed by atoms with E-state index in [2.05, 4.69) is 53.8 Å². The number of aliphatic carboxylic acids is 1. The molecule has 0 spiro atoms. The number of fused-ring (bicyclic) bond motifs is 7. The van der Waals surface area contributed by atoms with Gasteiger partial charge < -0.3 is 15.5 Å². The van der Waals surface area contributed by atoms with Gasteiger partial charge in [0.05, 0.1) is 11.5 Å². The van der Waals surface area contributed by atoms with Gasteiger partial charge in [0.1, 0.15) is 6.04 Å². The van der Waals surface area contributed by atoms with Crippen molar-refractivity contribution in [2.75, 3.05) is 0 Å². The molecule has 9 atom stereocenters. The molecule has 0 bridgehead atoms. The lowest BCUT2D eigenvalue weighted by Crippen LogP contribution is -2.67. The van der Waals surface area contributed by atoms with Gasteiger partial charge in [0.2, 0.25) is 5.91 Å². The Morgan fingerprint density at radius 2 is 1.59 bits per heavy atom. The summed E-state index contributed by atoms with van der Waals surface area (Å²) < 4.78 is 0. The van der Waals surface area contributed by atoms with Crippen LogP contribution in [0.3, 0.4) is 0 Å². The third-order valence-electron chi connectivity index (χ3n) is 13.5. The predicted molar refractivity (Wildman–Crippen MR) is 151 cm³/mol. The van der Waals surface area contributed by atoms with E-state index in [0.29, 0.717) is 0 Å². The van der Waals surface area contributed by atoms with Crippen molar-refractivity contribution in [1.82, 2.24) is 5.32 Å². The van der Waals surface area contributed by atoms with Crippen molar-refractivity contribution < 1.29 is 24.6 Å². The van der Waals surface area contributed by atoms with Gasteiger partial charge in [0.15, 0.2) is 5.78 Å². The van der Waals surface area contributed by atoms with Crippen LogP contribution < -0.4 is 5.32 Å². The summed E-state index contributed by atoms with van der Waals surface area (Å²) in [5.74, 6) is -0.857. The summed E-state index contributed by atoms with van der Waals surface area (Å²) in [7, 11) is 0. The summed E-state index contributed by atoms with van der Waals surface area (Å²) >= 11 is 0. The Kier molecular flexibility index (Phi) is 6.40. The Morgan fingerprint density at radius 3 is 2.23 bits per heavy atom. The van der Waals surface area contributed by atoms with Crippen LogP contribution in [0.4, 0.5) is 0 Å². The van der Waals surface area contributed by atoms with Crippen molar-refractivity contribution in [1.29, 1.82) is 0 Å². The summed E-state index contributed by atoms with van der Waals surface area (Å²) in [6, 6.07) is -0.945. The van der Waals surface area contributed by atoms with Crippen molar-refractivity contribution in [3.05, 3.63) is 11.6 Å². The maximum absolute atomic E-state index is 14.4. The zero-order chi connectivity index (χ0) is 29.0. The van der Waals surface area contributed by atoms with E-state index >= 15 is 0 Å². The highest BCUT2D eigenvalue weighted by Crippen LogP contribution is 2.75. The van der Waals surface area contributed by atoms with E-state index in [9.17, 15) is 24.6 Å². The van der Waals surface area contributed by atoms with Gasteiger partial charge in [-0.1, -0.05) is 54.0 Å². The average molecular weight is 542 g/mol. The summed E-state index contributed by atoms with van der Waals surface area (Å²) in [5.41, 5.74) is -0.316. The monoisotopic (exact) mass is 541 g/mol. The number of carbonyl (C=O) groups is 3. The molecule has 4 fully saturated rings. The minimum atomic E-state index is -1.03. The first-order chi connectivity index (χ1) is 17.9. The molecule has 5 aliphatic carbocycles. The fourth-order valence-corrected chi connectivity index (χ4v) is 10.9. The lowest BCUT2D eigenvalue weighted by atomic mass is 9.33. The first-order valence-electron chi connectivity index (χ1n) is 15.3. The fraction of sp³-hybridized carbons (Fsp3) is 0.848. The third kappa shape index (κ3) is 3.78. The number of ketones is 1. The van der Waals surface area contributed by atoms with Crippen LogP contribution in [0.25, 0.3) is 0 Å². The van der Waals surface area contributed by atoms with Crippen LogP contribution in [-0.2, 0) is 14.4 Å². The molecule has 0 aromatic rings. The van der Waals surface area contributed by atoms with Crippen LogP contribution >= 0.6 is 0 Å². The number of carboxylic acids is 1. The van der Waals surface area contributed by atoms with E-state index in [1.807, 2.05) is 6.08 Å². The largest absolute Gasteiger partial charge is 0.480 e. The molecular formula is C33H51NO5. The van der Waals surface area contributed by atoms with E-state index in [1.165, 1.54) is 6.92 Å². The zero-order valence-electron chi connectivity index (χ0n) is 25.4. The molecular weight excluding hydrogens is 490 g/mol. The van der Waals surface area contributed by atoms with Crippen molar-refractivity contribution in [2.45, 2.75) is 125 Å². The maximum Gasteiger partial charge on any atom is 0.325 e. The molecule has 6 nitrogen and oxygen atoms in total.